The van der Waals surface area contributed by atoms with Gasteiger partial charge in [0, 0.05) is 36.7 Å². The van der Waals surface area contributed by atoms with Crippen LogP contribution >= 0.6 is 15.9 Å². The molecule has 2 rings (SSSR count). The molecule has 1 fully saturated rings. The number of hydrogen-bond acceptors (Lipinski definition) is 2. The normalized spacial score (nSPS) is 18.8. The summed E-state index contributed by atoms with van der Waals surface area (Å²) in [4.78, 5) is 2.38. The van der Waals surface area contributed by atoms with Gasteiger partial charge in [0.1, 0.15) is 0 Å². The first-order chi connectivity index (χ1) is 8.72. The molecule has 0 radical (unpaired) electrons. The fourth-order valence-electron chi connectivity index (χ4n) is 2.53. The number of alkyl halides is 1. The van der Waals surface area contributed by atoms with Crippen LogP contribution in [0.2, 0.25) is 0 Å². The summed E-state index contributed by atoms with van der Waals surface area (Å²) in [5.41, 5.74) is 2.44. The van der Waals surface area contributed by atoms with Gasteiger partial charge in [-0.25, -0.2) is 0 Å². The zero-order valence-corrected chi connectivity index (χ0v) is 12.3. The number of halogens is 2. The summed E-state index contributed by atoms with van der Waals surface area (Å²) in [5, 5.41) is 3.34. The van der Waals surface area contributed by atoms with Crippen LogP contribution in [0.5, 0.6) is 0 Å². The van der Waals surface area contributed by atoms with Crippen LogP contribution in [0.4, 0.5) is 4.39 Å². The highest BCUT2D eigenvalue weighted by Crippen LogP contribution is 2.31. The Morgan fingerprint density at radius 3 is 2.72 bits per heavy atom. The lowest BCUT2D eigenvalue weighted by Crippen LogP contribution is -2.45. The van der Waals surface area contributed by atoms with Crippen LogP contribution in [0.1, 0.15) is 23.6 Å². The monoisotopic (exact) mass is 314 g/mol. The molecule has 1 saturated heterocycles. The first-order valence-electron chi connectivity index (χ1n) is 6.49. The van der Waals surface area contributed by atoms with Gasteiger partial charge in [0.05, 0.1) is 6.67 Å². The second kappa shape index (κ2) is 6.64. The maximum Gasteiger partial charge on any atom is 0.0912 e. The lowest BCUT2D eigenvalue weighted by molar-refractivity contribution is 0.157. The number of rotatable bonds is 4. The summed E-state index contributed by atoms with van der Waals surface area (Å²) in [6.07, 6.45) is 0.571. The Labute approximate surface area is 117 Å². The molecular weight excluding hydrogens is 295 g/mol. The fourth-order valence-corrected chi connectivity index (χ4v) is 3.29. The van der Waals surface area contributed by atoms with E-state index in [2.05, 4.69) is 51.3 Å². The third kappa shape index (κ3) is 3.31. The van der Waals surface area contributed by atoms with Gasteiger partial charge in [0.2, 0.25) is 0 Å². The van der Waals surface area contributed by atoms with E-state index in [1.54, 1.807) is 0 Å². The van der Waals surface area contributed by atoms with Gasteiger partial charge in [-0.05, 0) is 30.5 Å². The van der Waals surface area contributed by atoms with Gasteiger partial charge in [0.25, 0.3) is 0 Å². The van der Waals surface area contributed by atoms with Crippen LogP contribution in [-0.2, 0) is 0 Å². The van der Waals surface area contributed by atoms with Gasteiger partial charge in [-0.2, -0.15) is 0 Å². The first kappa shape index (κ1) is 14.0. The van der Waals surface area contributed by atoms with Crippen molar-refractivity contribution in [3.8, 4) is 0 Å². The van der Waals surface area contributed by atoms with Gasteiger partial charge >= 0.3 is 0 Å². The van der Waals surface area contributed by atoms with Crippen molar-refractivity contribution in [2.24, 2.45) is 0 Å². The van der Waals surface area contributed by atoms with Crippen LogP contribution in [-0.4, -0.2) is 37.8 Å². The van der Waals surface area contributed by atoms with Crippen molar-refractivity contribution in [1.82, 2.24) is 10.2 Å². The lowest BCUT2D eigenvalue weighted by Gasteiger charge is -2.35. The van der Waals surface area contributed by atoms with Crippen LogP contribution in [0, 0.1) is 6.92 Å². The maximum atomic E-state index is 12.8. The Balaban J connectivity index is 2.22. The standard InChI is InChI=1S/C14H20BrFN2/c1-11-2-3-12(13(15)10-11)14(4-5-16)18-8-6-17-7-9-18/h2-3,10,14,17H,4-9H2,1H3/t14-/m1/s1. The number of piperazine rings is 1. The van der Waals surface area contributed by atoms with Crippen LogP contribution in [0.15, 0.2) is 22.7 Å². The average Bonchev–Trinajstić information content (AvgIpc) is 2.38. The third-order valence-corrected chi connectivity index (χ3v) is 4.18. The minimum Gasteiger partial charge on any atom is -0.314 e. The van der Waals surface area contributed by atoms with Crippen molar-refractivity contribution in [2.45, 2.75) is 19.4 Å². The number of hydrogen-bond donors (Lipinski definition) is 1. The largest absolute Gasteiger partial charge is 0.314 e. The molecule has 1 aromatic rings. The fraction of sp³-hybridized carbons (Fsp3) is 0.571. The molecule has 0 saturated carbocycles. The van der Waals surface area contributed by atoms with Crippen molar-refractivity contribution in [3.63, 3.8) is 0 Å². The zero-order valence-electron chi connectivity index (χ0n) is 10.8. The summed E-state index contributed by atoms with van der Waals surface area (Å²) in [6, 6.07) is 6.53. The lowest BCUT2D eigenvalue weighted by atomic mass is 10.0. The maximum absolute atomic E-state index is 12.8. The van der Waals surface area contributed by atoms with Crippen molar-refractivity contribution < 1.29 is 4.39 Å². The summed E-state index contributed by atoms with van der Waals surface area (Å²) in [6.45, 7) is 5.77. The van der Waals surface area contributed by atoms with E-state index in [9.17, 15) is 4.39 Å². The van der Waals surface area contributed by atoms with Gasteiger partial charge in [-0.3, -0.25) is 9.29 Å². The van der Waals surface area contributed by atoms with E-state index in [0.29, 0.717) is 6.42 Å². The molecule has 1 aliphatic heterocycles. The molecular formula is C14H20BrFN2. The molecule has 0 spiro atoms. The Morgan fingerprint density at radius 1 is 1.39 bits per heavy atom. The van der Waals surface area contributed by atoms with Gasteiger partial charge in [-0.1, -0.05) is 28.1 Å². The Kier molecular flexibility index (Phi) is 5.15. The summed E-state index contributed by atoms with van der Waals surface area (Å²) in [5.74, 6) is 0. The molecule has 1 aromatic carbocycles. The summed E-state index contributed by atoms with van der Waals surface area (Å²) in [7, 11) is 0. The Bertz CT molecular complexity index is 391. The highest BCUT2D eigenvalue weighted by atomic mass is 79.9. The SMILES string of the molecule is Cc1ccc([C@@H](CCF)N2CCNCC2)c(Br)c1. The summed E-state index contributed by atoms with van der Waals surface area (Å²) < 4.78 is 13.9. The molecule has 1 heterocycles. The Morgan fingerprint density at radius 2 is 2.11 bits per heavy atom. The second-order valence-corrected chi connectivity index (χ2v) is 5.66. The predicted octanol–water partition coefficient (Wildman–Crippen LogP) is 3.06. The molecule has 0 aliphatic carbocycles. The molecule has 0 unspecified atom stereocenters. The number of benzene rings is 1. The van der Waals surface area contributed by atoms with Crippen molar-refractivity contribution in [3.05, 3.63) is 33.8 Å². The molecule has 1 atom stereocenters. The third-order valence-electron chi connectivity index (χ3n) is 3.49. The molecule has 100 valence electrons. The zero-order chi connectivity index (χ0) is 13.0. The highest BCUT2D eigenvalue weighted by Gasteiger charge is 2.23. The molecule has 18 heavy (non-hydrogen) atoms. The smallest absolute Gasteiger partial charge is 0.0912 e. The molecule has 1 aliphatic rings. The average molecular weight is 315 g/mol. The van der Waals surface area contributed by atoms with E-state index in [-0.39, 0.29) is 12.7 Å². The molecule has 1 N–H and O–H groups in total. The van der Waals surface area contributed by atoms with E-state index in [1.165, 1.54) is 11.1 Å². The topological polar surface area (TPSA) is 15.3 Å². The van der Waals surface area contributed by atoms with Crippen molar-refractivity contribution in [2.75, 3.05) is 32.9 Å². The Hall–Kier alpha value is -0.450. The van der Waals surface area contributed by atoms with Crippen LogP contribution in [0.25, 0.3) is 0 Å². The molecule has 0 amide bonds. The van der Waals surface area contributed by atoms with Gasteiger partial charge in [0.15, 0.2) is 0 Å². The van der Waals surface area contributed by atoms with Gasteiger partial charge < -0.3 is 5.32 Å². The minimum atomic E-state index is -0.269. The van der Waals surface area contributed by atoms with E-state index in [4.69, 9.17) is 0 Å². The number of aryl methyl sites for hydroxylation is 1. The van der Waals surface area contributed by atoms with Gasteiger partial charge in [-0.15, -0.1) is 0 Å². The van der Waals surface area contributed by atoms with Crippen molar-refractivity contribution in [1.29, 1.82) is 0 Å². The number of nitrogens with one attached hydrogen (secondary N) is 1. The quantitative estimate of drug-likeness (QED) is 0.919. The highest BCUT2D eigenvalue weighted by molar-refractivity contribution is 9.10. The van der Waals surface area contributed by atoms with Crippen LogP contribution < -0.4 is 5.32 Å². The molecule has 0 aromatic heterocycles. The predicted molar refractivity (Wildman–Crippen MR) is 76.7 cm³/mol. The summed E-state index contributed by atoms with van der Waals surface area (Å²) >= 11 is 3.62. The minimum absolute atomic E-state index is 0.187. The first-order valence-corrected chi connectivity index (χ1v) is 7.28. The molecule has 4 heteroatoms. The van der Waals surface area contributed by atoms with Crippen LogP contribution in [0.3, 0.4) is 0 Å². The molecule has 2 nitrogen and oxygen atoms in total. The molecule has 0 bridgehead atoms. The van der Waals surface area contributed by atoms with E-state index < -0.39 is 0 Å². The van der Waals surface area contributed by atoms with E-state index in [1.807, 2.05) is 0 Å². The number of nitrogens with zero attached hydrogens (tertiary/aromatic N) is 1. The second-order valence-electron chi connectivity index (χ2n) is 4.80. The van der Waals surface area contributed by atoms with Crippen molar-refractivity contribution >= 4 is 15.9 Å². The van der Waals surface area contributed by atoms with E-state index >= 15 is 0 Å². The van der Waals surface area contributed by atoms with E-state index in [0.717, 1.165) is 30.7 Å².